The van der Waals surface area contributed by atoms with Gasteiger partial charge < -0.3 is 15.0 Å². The van der Waals surface area contributed by atoms with Gasteiger partial charge in [0, 0.05) is 32.5 Å². The minimum absolute atomic E-state index is 0.0465. The molecular formula is C30H36FN3O5S. The highest BCUT2D eigenvalue weighted by Crippen LogP contribution is 2.23. The molecule has 0 aromatic heterocycles. The van der Waals surface area contributed by atoms with E-state index in [9.17, 15) is 22.4 Å². The van der Waals surface area contributed by atoms with Gasteiger partial charge >= 0.3 is 0 Å². The molecule has 10 heteroatoms. The number of methoxy groups -OCH3 is 1. The average molecular weight is 570 g/mol. The predicted octanol–water partition coefficient (Wildman–Crippen LogP) is 4.16. The van der Waals surface area contributed by atoms with E-state index < -0.39 is 21.9 Å². The van der Waals surface area contributed by atoms with Gasteiger partial charge in [-0.25, -0.2) is 12.8 Å². The van der Waals surface area contributed by atoms with E-state index in [4.69, 9.17) is 4.74 Å². The topological polar surface area (TPSA) is 96.0 Å². The summed E-state index contributed by atoms with van der Waals surface area (Å²) in [6.45, 7) is 2.27. The summed E-state index contributed by atoms with van der Waals surface area (Å²) in [5.41, 5.74) is 1.60. The molecule has 0 bridgehead atoms. The Morgan fingerprint density at radius 1 is 0.975 bits per heavy atom. The van der Waals surface area contributed by atoms with Gasteiger partial charge in [-0.3, -0.25) is 13.9 Å². The highest BCUT2D eigenvalue weighted by Gasteiger charge is 2.30. The number of rotatable bonds is 14. The molecule has 0 saturated heterocycles. The largest absolute Gasteiger partial charge is 0.497 e. The number of benzene rings is 3. The molecule has 0 aliphatic carbocycles. The summed E-state index contributed by atoms with van der Waals surface area (Å²) in [5, 5.41) is 2.84. The van der Waals surface area contributed by atoms with Crippen LogP contribution in [0, 0.1) is 5.82 Å². The van der Waals surface area contributed by atoms with E-state index in [1.807, 2.05) is 49.4 Å². The third-order valence-electron chi connectivity index (χ3n) is 6.38. The van der Waals surface area contributed by atoms with Gasteiger partial charge in [0.2, 0.25) is 21.8 Å². The number of para-hydroxylation sites is 1. The van der Waals surface area contributed by atoms with Crippen molar-refractivity contribution in [2.75, 3.05) is 30.8 Å². The zero-order valence-electron chi connectivity index (χ0n) is 23.0. The van der Waals surface area contributed by atoms with Crippen LogP contribution in [0.25, 0.3) is 0 Å². The van der Waals surface area contributed by atoms with Crippen molar-refractivity contribution in [3.8, 4) is 5.75 Å². The fourth-order valence-corrected chi connectivity index (χ4v) is 5.42. The fourth-order valence-electron chi connectivity index (χ4n) is 4.45. The molecule has 1 N–H and O–H groups in total. The Morgan fingerprint density at radius 3 is 2.30 bits per heavy atom. The van der Waals surface area contributed by atoms with Crippen LogP contribution in [-0.2, 0) is 32.6 Å². The van der Waals surface area contributed by atoms with Gasteiger partial charge in [-0.15, -0.1) is 0 Å². The van der Waals surface area contributed by atoms with Gasteiger partial charge in [0.05, 0.1) is 19.1 Å². The van der Waals surface area contributed by atoms with E-state index in [1.165, 1.54) is 23.1 Å². The van der Waals surface area contributed by atoms with Crippen LogP contribution in [0.5, 0.6) is 5.75 Å². The van der Waals surface area contributed by atoms with E-state index in [2.05, 4.69) is 5.32 Å². The fraction of sp³-hybridized carbons (Fsp3) is 0.333. The number of amides is 2. The van der Waals surface area contributed by atoms with Crippen molar-refractivity contribution >= 4 is 27.5 Å². The average Bonchev–Trinajstić information content (AvgIpc) is 2.93. The molecule has 1 atom stereocenters. The standard InChI is InChI=1S/C30H36FN3O5S/c1-4-32-30(36)28(21-23-12-6-5-7-13-23)33(22-24-14-10-15-25(20-24)39-2)29(35)18-11-19-34(40(3,37)38)27-17-9-8-16-26(27)31/h5-10,12-17,20,28H,4,11,18-19,21-22H2,1-3H3,(H,32,36). The Kier molecular flexibility index (Phi) is 11.1. The number of ether oxygens (including phenoxy) is 1. The van der Waals surface area contributed by atoms with Gasteiger partial charge in [0.25, 0.3) is 0 Å². The first-order valence-electron chi connectivity index (χ1n) is 13.1. The first-order valence-corrected chi connectivity index (χ1v) is 14.9. The third kappa shape index (κ3) is 8.54. The quantitative estimate of drug-likeness (QED) is 0.315. The monoisotopic (exact) mass is 569 g/mol. The van der Waals surface area contributed by atoms with Gasteiger partial charge in [-0.05, 0) is 48.7 Å². The lowest BCUT2D eigenvalue weighted by Gasteiger charge is -2.32. The number of hydrogen-bond donors (Lipinski definition) is 1. The lowest BCUT2D eigenvalue weighted by molar-refractivity contribution is -0.141. The van der Waals surface area contributed by atoms with Gasteiger partial charge in [0.1, 0.15) is 17.6 Å². The normalized spacial score (nSPS) is 11.9. The number of anilines is 1. The summed E-state index contributed by atoms with van der Waals surface area (Å²) in [6, 6.07) is 21.5. The lowest BCUT2D eigenvalue weighted by Crippen LogP contribution is -2.50. The van der Waals surface area contributed by atoms with Crippen molar-refractivity contribution in [2.45, 2.75) is 38.8 Å². The van der Waals surface area contributed by atoms with Crippen LogP contribution in [-0.4, -0.2) is 57.6 Å². The number of hydrogen-bond acceptors (Lipinski definition) is 5. The molecule has 3 aromatic carbocycles. The zero-order chi connectivity index (χ0) is 29.1. The summed E-state index contributed by atoms with van der Waals surface area (Å²) >= 11 is 0. The maximum Gasteiger partial charge on any atom is 0.243 e. The molecule has 0 saturated carbocycles. The number of halogens is 1. The number of likely N-dealkylation sites (N-methyl/N-ethyl adjacent to an activating group) is 1. The third-order valence-corrected chi connectivity index (χ3v) is 7.56. The summed E-state index contributed by atoms with van der Waals surface area (Å²) in [4.78, 5) is 28.6. The number of sulfonamides is 1. The highest BCUT2D eigenvalue weighted by molar-refractivity contribution is 7.92. The van der Waals surface area contributed by atoms with Crippen molar-refractivity contribution in [3.63, 3.8) is 0 Å². The number of nitrogens with zero attached hydrogens (tertiary/aromatic N) is 2. The Morgan fingerprint density at radius 2 is 1.65 bits per heavy atom. The smallest absolute Gasteiger partial charge is 0.243 e. The Bertz CT molecular complexity index is 1380. The zero-order valence-corrected chi connectivity index (χ0v) is 23.9. The predicted molar refractivity (Wildman–Crippen MR) is 154 cm³/mol. The first-order chi connectivity index (χ1) is 19.1. The summed E-state index contributed by atoms with van der Waals surface area (Å²) in [5.74, 6) is -0.655. The molecule has 3 rings (SSSR count). The van der Waals surface area contributed by atoms with Crippen LogP contribution in [0.1, 0.15) is 30.9 Å². The molecule has 1 unspecified atom stereocenters. The van der Waals surface area contributed by atoms with Gasteiger partial charge in [0.15, 0.2) is 0 Å². The second-order valence-electron chi connectivity index (χ2n) is 9.36. The maximum absolute atomic E-state index is 14.4. The summed E-state index contributed by atoms with van der Waals surface area (Å²) in [6.07, 6.45) is 1.38. The number of carbonyl (C=O) groups is 2. The van der Waals surface area contributed by atoms with E-state index in [1.54, 1.807) is 25.3 Å². The maximum atomic E-state index is 14.4. The summed E-state index contributed by atoms with van der Waals surface area (Å²) < 4.78 is 45.7. The number of carbonyl (C=O) groups excluding carboxylic acids is 2. The van der Waals surface area contributed by atoms with Crippen LogP contribution in [0.2, 0.25) is 0 Å². The van der Waals surface area contributed by atoms with Crippen molar-refractivity contribution < 1.29 is 27.1 Å². The van der Waals surface area contributed by atoms with Crippen LogP contribution >= 0.6 is 0 Å². The van der Waals surface area contributed by atoms with Crippen molar-refractivity contribution in [2.24, 2.45) is 0 Å². The Balaban J connectivity index is 1.88. The molecule has 0 heterocycles. The number of nitrogens with one attached hydrogen (secondary N) is 1. The minimum Gasteiger partial charge on any atom is -0.497 e. The van der Waals surface area contributed by atoms with E-state index in [0.717, 1.165) is 21.7 Å². The van der Waals surface area contributed by atoms with Gasteiger partial charge in [-0.1, -0.05) is 54.6 Å². The van der Waals surface area contributed by atoms with E-state index >= 15 is 0 Å². The molecule has 0 fully saturated rings. The molecule has 0 aliphatic heterocycles. The van der Waals surface area contributed by atoms with Crippen molar-refractivity contribution in [1.82, 2.24) is 10.2 Å². The van der Waals surface area contributed by atoms with Crippen LogP contribution in [0.3, 0.4) is 0 Å². The molecule has 0 aliphatic rings. The first kappa shape index (κ1) is 30.6. The molecule has 40 heavy (non-hydrogen) atoms. The van der Waals surface area contributed by atoms with Crippen LogP contribution < -0.4 is 14.4 Å². The van der Waals surface area contributed by atoms with E-state index in [0.29, 0.717) is 18.7 Å². The Hall–Kier alpha value is -3.92. The van der Waals surface area contributed by atoms with Crippen molar-refractivity contribution in [3.05, 3.63) is 95.8 Å². The second kappa shape index (κ2) is 14.5. The SMILES string of the molecule is CCNC(=O)C(Cc1ccccc1)N(Cc1cccc(OC)c1)C(=O)CCCN(c1ccccc1F)S(C)(=O)=O. The molecular weight excluding hydrogens is 533 g/mol. The summed E-state index contributed by atoms with van der Waals surface area (Å²) in [7, 11) is -2.25. The van der Waals surface area contributed by atoms with Crippen LogP contribution in [0.15, 0.2) is 78.9 Å². The lowest BCUT2D eigenvalue weighted by atomic mass is 10.0. The molecule has 2 amide bonds. The molecule has 0 radical (unpaired) electrons. The minimum atomic E-state index is -3.80. The molecule has 0 spiro atoms. The van der Waals surface area contributed by atoms with Crippen molar-refractivity contribution in [1.29, 1.82) is 0 Å². The highest BCUT2D eigenvalue weighted by atomic mass is 32.2. The molecule has 3 aromatic rings. The molecule has 8 nitrogen and oxygen atoms in total. The molecule has 214 valence electrons. The second-order valence-corrected chi connectivity index (χ2v) is 11.3. The van der Waals surface area contributed by atoms with Gasteiger partial charge in [-0.2, -0.15) is 0 Å². The van der Waals surface area contributed by atoms with Crippen LogP contribution in [0.4, 0.5) is 10.1 Å². The van der Waals surface area contributed by atoms with E-state index in [-0.39, 0.29) is 43.4 Å². The Labute approximate surface area is 235 Å².